The first-order chi connectivity index (χ1) is 1.91. The molecule has 1 atom stereocenters. The quantitative estimate of drug-likeness (QED) is 0.276. The van der Waals surface area contributed by atoms with Gasteiger partial charge in [-0.1, -0.05) is 0 Å². The second-order valence-electron chi connectivity index (χ2n) is 0.243. The van der Waals surface area contributed by atoms with Crippen LogP contribution in [0.25, 0.3) is 0 Å². The van der Waals surface area contributed by atoms with Crippen molar-refractivity contribution in [1.29, 1.82) is 0 Å². The molecular weight excluding hydrogens is 202 g/mol. The van der Waals surface area contributed by atoms with Gasteiger partial charge < -0.3 is 0 Å². The molecule has 3 heteroatoms. The summed E-state index contributed by atoms with van der Waals surface area (Å²) in [4.78, 5) is 2.23. The average molecular weight is 207 g/mol. The third kappa shape index (κ3) is 3.51. The van der Waals surface area contributed by atoms with E-state index in [4.69, 9.17) is 0 Å². The SMILES string of the molecule is C[I-]SP. The number of hydrogen-bond donors (Lipinski definition) is 0. The predicted octanol–water partition coefficient (Wildman–Crippen LogP) is -1.86. The van der Waals surface area contributed by atoms with E-state index in [9.17, 15) is 0 Å². The second-order valence-corrected chi connectivity index (χ2v) is 8.48. The molecular formula is CH5IPS-. The van der Waals surface area contributed by atoms with Gasteiger partial charge in [-0.15, -0.1) is 0 Å². The Balaban J connectivity index is 1.97. The van der Waals surface area contributed by atoms with Crippen LogP contribution in [0.1, 0.15) is 0 Å². The molecule has 0 heterocycles. The summed E-state index contributed by atoms with van der Waals surface area (Å²) in [5.41, 5.74) is 0. The summed E-state index contributed by atoms with van der Waals surface area (Å²) in [6.45, 7) is 0. The number of hydrogen-bond acceptors (Lipinski definition) is 1. The first-order valence-corrected chi connectivity index (χ1v) is 7.76. The normalized spacial score (nSPS) is 8.50. The van der Waals surface area contributed by atoms with Crippen LogP contribution < -0.4 is 19.8 Å². The summed E-state index contributed by atoms with van der Waals surface area (Å²) in [6.07, 6.45) is 0. The Kier molecular flexibility index (Phi) is 6.21. The van der Waals surface area contributed by atoms with Crippen molar-refractivity contribution in [3.8, 4) is 0 Å². The second kappa shape index (κ2) is 4.51. The van der Waals surface area contributed by atoms with Crippen LogP contribution in [0, 0.1) is 0 Å². The molecule has 0 aromatic rings. The fraction of sp³-hybridized carbons (Fsp3) is 1.00. The van der Waals surface area contributed by atoms with Crippen LogP contribution in [0.4, 0.5) is 0 Å². The van der Waals surface area contributed by atoms with Crippen LogP contribution >= 0.6 is 17.0 Å². The maximum absolute atomic E-state index is 2.62. The summed E-state index contributed by atoms with van der Waals surface area (Å²) >= 11 is 0.490. The zero-order valence-corrected chi connectivity index (χ0v) is 6.49. The van der Waals surface area contributed by atoms with Gasteiger partial charge in [0.25, 0.3) is 0 Å². The van der Waals surface area contributed by atoms with Crippen LogP contribution in [0.5, 0.6) is 0 Å². The fourth-order valence-electron chi connectivity index (χ4n) is 0. The molecule has 0 radical (unpaired) electrons. The molecule has 28 valence electrons. The van der Waals surface area contributed by atoms with E-state index >= 15 is 0 Å². The first kappa shape index (κ1) is 5.51. The molecule has 0 aliphatic carbocycles. The van der Waals surface area contributed by atoms with E-state index in [1.54, 1.807) is 0 Å². The third-order valence-corrected chi connectivity index (χ3v) is 5.38. The average Bonchev–Trinajstić information content (AvgIpc) is 1.37. The molecule has 0 aromatic carbocycles. The third-order valence-electron chi connectivity index (χ3n) is 0.0891. The van der Waals surface area contributed by atoms with Gasteiger partial charge in [0.1, 0.15) is 0 Å². The van der Waals surface area contributed by atoms with Gasteiger partial charge in [0.05, 0.1) is 0 Å². The first-order valence-electron chi connectivity index (χ1n) is 0.768. The Morgan fingerprint density at radius 2 is 2.25 bits per heavy atom. The van der Waals surface area contributed by atoms with Crippen molar-refractivity contribution in [1.82, 2.24) is 0 Å². The van der Waals surface area contributed by atoms with Crippen molar-refractivity contribution in [3.63, 3.8) is 0 Å². The zero-order chi connectivity index (χ0) is 3.41. The molecule has 0 fully saturated rings. The van der Waals surface area contributed by atoms with Crippen LogP contribution in [0.15, 0.2) is 0 Å². The molecule has 0 amide bonds. The standard InChI is InChI=1S/CH5IPS/c1-2-4-3/h3H2,1H3/q-1. The molecule has 0 aliphatic rings. The summed E-state index contributed by atoms with van der Waals surface area (Å²) in [5.74, 6) is 0. The van der Waals surface area contributed by atoms with E-state index in [1.807, 2.05) is 8.55 Å². The Morgan fingerprint density at radius 1 is 2.00 bits per heavy atom. The molecule has 0 aromatic heterocycles. The molecule has 0 spiro atoms. The van der Waals surface area contributed by atoms with Crippen molar-refractivity contribution >= 4 is 17.0 Å². The minimum absolute atomic E-state index is 0.490. The van der Waals surface area contributed by atoms with Crippen molar-refractivity contribution in [2.75, 3.05) is 4.93 Å². The summed E-state index contributed by atoms with van der Waals surface area (Å²) < 4.78 is 0. The Labute approximate surface area is 41.8 Å². The Hall–Kier alpha value is 1.51. The molecule has 1 unspecified atom stereocenters. The van der Waals surface area contributed by atoms with Crippen LogP contribution in [-0.4, -0.2) is 4.93 Å². The van der Waals surface area contributed by atoms with Crippen LogP contribution in [-0.2, 0) is 0 Å². The van der Waals surface area contributed by atoms with Gasteiger partial charge in [-0.05, 0) is 0 Å². The van der Waals surface area contributed by atoms with Crippen molar-refractivity contribution < 1.29 is 19.8 Å². The van der Waals surface area contributed by atoms with E-state index in [2.05, 4.69) is 13.4 Å². The molecule has 4 heavy (non-hydrogen) atoms. The van der Waals surface area contributed by atoms with Crippen molar-refractivity contribution in [3.05, 3.63) is 0 Å². The molecule has 0 rings (SSSR count). The van der Waals surface area contributed by atoms with Gasteiger partial charge in [0.2, 0.25) is 0 Å². The summed E-state index contributed by atoms with van der Waals surface area (Å²) in [5, 5.41) is 0. The van der Waals surface area contributed by atoms with Crippen molar-refractivity contribution in [2.45, 2.75) is 0 Å². The van der Waals surface area contributed by atoms with Gasteiger partial charge in [0.15, 0.2) is 0 Å². The van der Waals surface area contributed by atoms with Crippen molar-refractivity contribution in [2.24, 2.45) is 0 Å². The Morgan fingerprint density at radius 3 is 2.25 bits per heavy atom. The van der Waals surface area contributed by atoms with Gasteiger partial charge in [-0.3, -0.25) is 0 Å². The van der Waals surface area contributed by atoms with Gasteiger partial charge >= 0.3 is 41.7 Å². The van der Waals surface area contributed by atoms with Gasteiger partial charge in [-0.2, -0.15) is 0 Å². The molecule has 0 saturated heterocycles. The van der Waals surface area contributed by atoms with E-state index in [1.165, 1.54) is 0 Å². The Bertz CT molecular complexity index is 10.0. The molecule has 0 aliphatic heterocycles. The number of halogens is 1. The van der Waals surface area contributed by atoms with E-state index in [0.717, 1.165) is 0 Å². The maximum atomic E-state index is 2.62. The van der Waals surface area contributed by atoms with Crippen LogP contribution in [0.3, 0.4) is 0 Å². The predicted molar refractivity (Wildman–Crippen MR) is 23.2 cm³/mol. The molecule has 0 bridgehead atoms. The van der Waals surface area contributed by atoms with Gasteiger partial charge in [0, 0.05) is 0 Å². The molecule has 0 N–H and O–H groups in total. The summed E-state index contributed by atoms with van der Waals surface area (Å²) in [7, 11) is 4.50. The zero-order valence-electron chi connectivity index (χ0n) is 2.36. The molecule has 0 saturated carbocycles. The molecule has 0 nitrogen and oxygen atoms in total. The topological polar surface area (TPSA) is 0 Å². The number of rotatable bonds is 1. The van der Waals surface area contributed by atoms with E-state index in [-0.39, 0.29) is 0 Å². The van der Waals surface area contributed by atoms with Gasteiger partial charge in [-0.25, -0.2) is 0 Å². The summed E-state index contributed by atoms with van der Waals surface area (Å²) in [6, 6.07) is 0. The van der Waals surface area contributed by atoms with Crippen LogP contribution in [0.2, 0.25) is 0 Å². The number of alkyl halides is 1. The van der Waals surface area contributed by atoms with E-state index in [0.29, 0.717) is 19.8 Å². The van der Waals surface area contributed by atoms with E-state index < -0.39 is 0 Å². The minimum atomic E-state index is 0.490. The fourth-order valence-corrected chi connectivity index (χ4v) is 0. The monoisotopic (exact) mass is 207 g/mol.